The lowest BCUT2D eigenvalue weighted by Gasteiger charge is -2.37. The molecule has 0 saturated carbocycles. The minimum atomic E-state index is -0.317. The van der Waals surface area contributed by atoms with Crippen molar-refractivity contribution in [2.45, 2.75) is 13.0 Å². The second-order valence-corrected chi connectivity index (χ2v) is 6.20. The number of esters is 1. The molecule has 0 aromatic carbocycles. The number of hydrogen-bond donors (Lipinski definition) is 1. The Balaban J connectivity index is 1.95. The van der Waals surface area contributed by atoms with Gasteiger partial charge in [0.05, 0.1) is 12.8 Å². The molecule has 20 heavy (non-hydrogen) atoms. The van der Waals surface area contributed by atoms with Crippen LogP contribution >= 0.6 is 11.3 Å². The van der Waals surface area contributed by atoms with E-state index in [9.17, 15) is 4.79 Å². The number of anilines is 1. The predicted molar refractivity (Wildman–Crippen MR) is 80.6 cm³/mol. The first-order valence-corrected chi connectivity index (χ1v) is 7.51. The summed E-state index contributed by atoms with van der Waals surface area (Å²) in [6.07, 6.45) is 0. The normalized spacial score (nSPS) is 20.9. The fraction of sp³-hybridized carbons (Fsp3) is 0.692. The summed E-state index contributed by atoms with van der Waals surface area (Å²) in [5.41, 5.74) is 0.721. The molecule has 112 valence electrons. The molecule has 1 unspecified atom stereocenters. The number of rotatable bonds is 4. The van der Waals surface area contributed by atoms with E-state index in [1.165, 1.54) is 18.4 Å². The van der Waals surface area contributed by atoms with Crippen LogP contribution in [-0.2, 0) is 4.74 Å². The molecule has 0 radical (unpaired) electrons. The summed E-state index contributed by atoms with van der Waals surface area (Å²) in [5.74, 6) is -0.317. The minimum Gasteiger partial charge on any atom is -0.465 e. The average molecular weight is 298 g/mol. The van der Waals surface area contributed by atoms with Crippen LogP contribution in [0.25, 0.3) is 0 Å². The Kier molecular flexibility index (Phi) is 4.95. The number of nitrogens with zero attached hydrogens (tertiary/aromatic N) is 3. The fourth-order valence-corrected chi connectivity index (χ4v) is 3.17. The topological polar surface area (TPSA) is 57.7 Å². The number of thiazole rings is 1. The molecule has 0 bridgehead atoms. The summed E-state index contributed by atoms with van der Waals surface area (Å²) in [6.45, 7) is 5.88. The van der Waals surface area contributed by atoms with Gasteiger partial charge in [-0.3, -0.25) is 4.90 Å². The summed E-state index contributed by atoms with van der Waals surface area (Å²) in [4.78, 5) is 21.2. The van der Waals surface area contributed by atoms with Gasteiger partial charge in [0.15, 0.2) is 5.13 Å². The molecule has 2 heterocycles. The summed E-state index contributed by atoms with van der Waals surface area (Å²) in [6, 6.07) is 0.458. The van der Waals surface area contributed by atoms with Crippen LogP contribution in [0.4, 0.5) is 5.13 Å². The van der Waals surface area contributed by atoms with Crippen molar-refractivity contribution in [2.75, 3.05) is 52.7 Å². The van der Waals surface area contributed by atoms with E-state index in [2.05, 4.69) is 34.2 Å². The zero-order valence-electron chi connectivity index (χ0n) is 12.5. The molecule has 7 heteroatoms. The molecule has 2 rings (SSSR count). The predicted octanol–water partition coefficient (Wildman–Crippen LogP) is 0.896. The molecule has 1 fully saturated rings. The van der Waals surface area contributed by atoms with Crippen LogP contribution < -0.4 is 5.32 Å². The third kappa shape index (κ3) is 3.47. The number of nitrogens with one attached hydrogen (secondary N) is 1. The smallest absolute Gasteiger partial charge is 0.350 e. The monoisotopic (exact) mass is 298 g/mol. The number of likely N-dealkylation sites (N-methyl/N-ethyl adjacent to an activating group) is 2. The highest BCUT2D eigenvalue weighted by atomic mass is 32.1. The molecular formula is C13H22N4O2S. The Morgan fingerprint density at radius 2 is 2.25 bits per heavy atom. The highest BCUT2D eigenvalue weighted by molar-refractivity contribution is 7.17. The van der Waals surface area contributed by atoms with Crippen molar-refractivity contribution in [3.63, 3.8) is 0 Å². The van der Waals surface area contributed by atoms with Crippen molar-refractivity contribution in [3.05, 3.63) is 10.6 Å². The van der Waals surface area contributed by atoms with Crippen molar-refractivity contribution in [1.82, 2.24) is 14.8 Å². The summed E-state index contributed by atoms with van der Waals surface area (Å²) >= 11 is 1.35. The first-order chi connectivity index (χ1) is 9.51. The van der Waals surface area contributed by atoms with Crippen molar-refractivity contribution in [3.8, 4) is 0 Å². The largest absolute Gasteiger partial charge is 0.465 e. The molecule has 0 amide bonds. The lowest BCUT2D eigenvalue weighted by Crippen LogP contribution is -2.52. The summed E-state index contributed by atoms with van der Waals surface area (Å²) < 4.78 is 4.74. The highest BCUT2D eigenvalue weighted by Gasteiger charge is 2.22. The SMILES string of the molecule is COC(=O)c1sc(NCC2CN(C)CCN2C)nc1C. The van der Waals surface area contributed by atoms with Gasteiger partial charge in [-0.2, -0.15) is 0 Å². The number of methoxy groups -OCH3 is 1. The maximum atomic E-state index is 11.6. The van der Waals surface area contributed by atoms with Gasteiger partial charge in [-0.25, -0.2) is 9.78 Å². The number of carbonyl (C=O) groups excluding carboxylic acids is 1. The van der Waals surface area contributed by atoms with E-state index in [4.69, 9.17) is 4.74 Å². The molecule has 0 aliphatic carbocycles. The quantitative estimate of drug-likeness (QED) is 0.833. The first kappa shape index (κ1) is 15.2. The fourth-order valence-electron chi connectivity index (χ4n) is 2.28. The van der Waals surface area contributed by atoms with Gasteiger partial charge in [0.1, 0.15) is 4.88 Å². The summed E-state index contributed by atoms with van der Waals surface area (Å²) in [7, 11) is 5.68. The molecule has 1 aromatic heterocycles. The number of hydrogen-bond acceptors (Lipinski definition) is 7. The Morgan fingerprint density at radius 1 is 1.50 bits per heavy atom. The number of aromatic nitrogens is 1. The lowest BCUT2D eigenvalue weighted by molar-refractivity contribution is 0.0605. The maximum Gasteiger partial charge on any atom is 0.350 e. The van der Waals surface area contributed by atoms with Gasteiger partial charge in [0, 0.05) is 32.2 Å². The van der Waals surface area contributed by atoms with Crippen LogP contribution in [0.1, 0.15) is 15.4 Å². The van der Waals surface area contributed by atoms with Crippen LogP contribution in [0, 0.1) is 6.92 Å². The molecule has 1 aliphatic rings. The van der Waals surface area contributed by atoms with Crippen LogP contribution in [0.5, 0.6) is 0 Å². The molecular weight excluding hydrogens is 276 g/mol. The van der Waals surface area contributed by atoms with E-state index in [-0.39, 0.29) is 5.97 Å². The van der Waals surface area contributed by atoms with Gasteiger partial charge < -0.3 is 15.0 Å². The van der Waals surface area contributed by atoms with Gasteiger partial charge in [-0.1, -0.05) is 11.3 Å². The molecule has 1 aliphatic heterocycles. The van der Waals surface area contributed by atoms with Crippen molar-refractivity contribution in [1.29, 1.82) is 0 Å². The van der Waals surface area contributed by atoms with E-state index >= 15 is 0 Å². The molecule has 6 nitrogen and oxygen atoms in total. The van der Waals surface area contributed by atoms with Gasteiger partial charge in [-0.15, -0.1) is 0 Å². The molecule has 1 aromatic rings. The van der Waals surface area contributed by atoms with E-state index in [1.807, 2.05) is 6.92 Å². The average Bonchev–Trinajstić information content (AvgIpc) is 2.80. The number of piperazine rings is 1. The highest BCUT2D eigenvalue weighted by Crippen LogP contribution is 2.23. The van der Waals surface area contributed by atoms with Gasteiger partial charge in [0.2, 0.25) is 0 Å². The molecule has 0 spiro atoms. The van der Waals surface area contributed by atoms with Crippen LogP contribution in [0.2, 0.25) is 0 Å². The van der Waals surface area contributed by atoms with Crippen molar-refractivity contribution < 1.29 is 9.53 Å². The van der Waals surface area contributed by atoms with E-state index in [0.29, 0.717) is 10.9 Å². The van der Waals surface area contributed by atoms with Crippen LogP contribution in [0.3, 0.4) is 0 Å². The first-order valence-electron chi connectivity index (χ1n) is 6.69. The van der Waals surface area contributed by atoms with Gasteiger partial charge in [-0.05, 0) is 21.0 Å². The standard InChI is InChI=1S/C13H22N4O2S/c1-9-11(12(18)19-4)20-13(15-9)14-7-10-8-16(2)5-6-17(10)3/h10H,5-8H2,1-4H3,(H,14,15). The van der Waals surface area contributed by atoms with E-state index in [0.717, 1.165) is 37.0 Å². The Labute approximate surface area is 123 Å². The number of aryl methyl sites for hydroxylation is 1. The molecule has 1 N–H and O–H groups in total. The van der Waals surface area contributed by atoms with E-state index in [1.54, 1.807) is 0 Å². The number of ether oxygens (including phenoxy) is 1. The lowest BCUT2D eigenvalue weighted by atomic mass is 10.2. The van der Waals surface area contributed by atoms with Crippen molar-refractivity contribution >= 4 is 22.4 Å². The number of carbonyl (C=O) groups is 1. The molecule has 1 saturated heterocycles. The van der Waals surface area contributed by atoms with Gasteiger partial charge >= 0.3 is 5.97 Å². The molecule has 1 atom stereocenters. The summed E-state index contributed by atoms with van der Waals surface area (Å²) in [5, 5.41) is 4.12. The Hall–Kier alpha value is -1.18. The van der Waals surface area contributed by atoms with Crippen LogP contribution in [0.15, 0.2) is 0 Å². The minimum absolute atomic E-state index is 0.317. The Bertz CT molecular complexity index is 477. The third-order valence-electron chi connectivity index (χ3n) is 3.64. The second-order valence-electron chi connectivity index (χ2n) is 5.20. The van der Waals surface area contributed by atoms with Gasteiger partial charge in [0.25, 0.3) is 0 Å². The second kappa shape index (κ2) is 6.51. The third-order valence-corrected chi connectivity index (χ3v) is 4.73. The zero-order valence-corrected chi connectivity index (χ0v) is 13.3. The van der Waals surface area contributed by atoms with E-state index < -0.39 is 0 Å². The van der Waals surface area contributed by atoms with Crippen LogP contribution in [-0.4, -0.2) is 74.2 Å². The Morgan fingerprint density at radius 3 is 2.95 bits per heavy atom. The zero-order chi connectivity index (χ0) is 14.7. The van der Waals surface area contributed by atoms with Crippen molar-refractivity contribution in [2.24, 2.45) is 0 Å². The maximum absolute atomic E-state index is 11.6.